The van der Waals surface area contributed by atoms with E-state index < -0.39 is 50.8 Å². The van der Waals surface area contributed by atoms with E-state index in [0.29, 0.717) is 27.7 Å². The molecule has 0 radical (unpaired) electrons. The maximum absolute atomic E-state index is 14.1. The summed E-state index contributed by atoms with van der Waals surface area (Å²) in [7, 11) is -2.34. The number of amides is 2. The Kier molecular flexibility index (Phi) is 10.9. The molecule has 0 saturated carbocycles. The van der Waals surface area contributed by atoms with Crippen LogP contribution in [0.2, 0.25) is 0 Å². The molecule has 0 aromatic heterocycles. The average molecular weight is 687 g/mol. The first-order valence-corrected chi connectivity index (χ1v) is 17.8. The van der Waals surface area contributed by atoms with Gasteiger partial charge in [0.25, 0.3) is 11.8 Å². The van der Waals surface area contributed by atoms with Crippen molar-refractivity contribution in [1.29, 1.82) is 0 Å². The maximum atomic E-state index is 14.1. The Labute approximate surface area is 283 Å². The fourth-order valence-electron chi connectivity index (χ4n) is 4.96. The normalized spacial score (nSPS) is 16.4. The highest BCUT2D eigenvalue weighted by Gasteiger charge is 2.55. The highest BCUT2D eigenvalue weighted by molar-refractivity contribution is 8.72. The SMILES string of the molecule is CO/C(C)=C(\C(=O)OC(c1ccccc1)c1ccccc1)N1C(=O)C(NC(=O)COc2ccccc2)[C@H]1SS(=O)(=O)c1ccc(C)cc1. The van der Waals surface area contributed by atoms with Crippen LogP contribution in [0.4, 0.5) is 0 Å². The van der Waals surface area contributed by atoms with Gasteiger partial charge in [0.1, 0.15) is 22.9 Å². The molecular formula is C36H34N2O8S2. The molecule has 5 rings (SSSR count). The average Bonchev–Trinajstić information content (AvgIpc) is 3.11. The predicted octanol–water partition coefficient (Wildman–Crippen LogP) is 5.36. The largest absolute Gasteiger partial charge is 0.499 e. The summed E-state index contributed by atoms with van der Waals surface area (Å²) in [6.45, 7) is 2.88. The Morgan fingerprint density at radius 2 is 1.40 bits per heavy atom. The van der Waals surface area contributed by atoms with Gasteiger partial charge >= 0.3 is 5.97 Å². The van der Waals surface area contributed by atoms with Gasteiger partial charge in [-0.1, -0.05) is 96.6 Å². The molecule has 1 saturated heterocycles. The number of nitrogens with one attached hydrogen (secondary N) is 1. The number of hydrogen-bond donors (Lipinski definition) is 1. The first-order valence-electron chi connectivity index (χ1n) is 14.9. The van der Waals surface area contributed by atoms with Crippen LogP contribution in [0.1, 0.15) is 29.7 Å². The first-order chi connectivity index (χ1) is 23.1. The number of nitrogens with zero attached hydrogens (tertiary/aromatic N) is 1. The number of carbonyl (C=O) groups excluding carboxylic acids is 3. The highest BCUT2D eigenvalue weighted by Crippen LogP contribution is 2.41. The number of ether oxygens (including phenoxy) is 3. The molecule has 2 atom stereocenters. The third kappa shape index (κ3) is 7.89. The molecule has 4 aromatic rings. The van der Waals surface area contributed by atoms with Gasteiger partial charge in [-0.25, -0.2) is 13.2 Å². The van der Waals surface area contributed by atoms with Crippen molar-refractivity contribution in [1.82, 2.24) is 10.2 Å². The molecule has 10 nitrogen and oxygen atoms in total. The van der Waals surface area contributed by atoms with Gasteiger partial charge < -0.3 is 19.5 Å². The summed E-state index contributed by atoms with van der Waals surface area (Å²) in [5.74, 6) is -1.84. The zero-order valence-corrected chi connectivity index (χ0v) is 28.1. The molecule has 48 heavy (non-hydrogen) atoms. The lowest BCUT2D eigenvalue weighted by Gasteiger charge is -2.46. The number of aryl methyl sites for hydroxylation is 1. The second-order valence-corrected chi connectivity index (χ2v) is 14.8. The molecular weight excluding hydrogens is 653 g/mol. The van der Waals surface area contributed by atoms with E-state index in [1.54, 1.807) is 42.5 Å². The topological polar surface area (TPSA) is 128 Å². The number of rotatable bonds is 13. The predicted molar refractivity (Wildman–Crippen MR) is 181 cm³/mol. The molecule has 0 spiro atoms. The minimum Gasteiger partial charge on any atom is -0.499 e. The van der Waals surface area contributed by atoms with Gasteiger partial charge in [-0.15, -0.1) is 0 Å². The van der Waals surface area contributed by atoms with Crippen LogP contribution in [0.3, 0.4) is 0 Å². The third-order valence-electron chi connectivity index (χ3n) is 7.51. The number of benzene rings is 4. The number of carbonyl (C=O) groups is 3. The number of hydrogen-bond acceptors (Lipinski definition) is 9. The van der Waals surface area contributed by atoms with Crippen LogP contribution in [0.5, 0.6) is 5.75 Å². The van der Waals surface area contributed by atoms with Crippen LogP contribution in [-0.2, 0) is 32.7 Å². The molecule has 1 aliphatic heterocycles. The van der Waals surface area contributed by atoms with Crippen molar-refractivity contribution >= 4 is 37.4 Å². The van der Waals surface area contributed by atoms with Crippen LogP contribution >= 0.6 is 10.8 Å². The Morgan fingerprint density at radius 1 is 0.854 bits per heavy atom. The second-order valence-electron chi connectivity index (χ2n) is 10.8. The lowest BCUT2D eigenvalue weighted by Crippen LogP contribution is -2.70. The lowest BCUT2D eigenvalue weighted by molar-refractivity contribution is -0.155. The molecule has 1 N–H and O–H groups in total. The molecule has 4 aromatic carbocycles. The van der Waals surface area contributed by atoms with Gasteiger partial charge in [0.2, 0.25) is 8.87 Å². The number of esters is 1. The molecule has 248 valence electrons. The van der Waals surface area contributed by atoms with Crippen molar-refractivity contribution < 1.29 is 37.0 Å². The van der Waals surface area contributed by atoms with Crippen molar-refractivity contribution in [2.45, 2.75) is 36.3 Å². The van der Waals surface area contributed by atoms with E-state index in [-0.39, 0.29) is 16.4 Å². The fourth-order valence-corrected chi connectivity index (χ4v) is 8.43. The maximum Gasteiger partial charge on any atom is 0.359 e. The Hall–Kier alpha value is -5.07. The zero-order valence-electron chi connectivity index (χ0n) is 26.4. The molecule has 0 bridgehead atoms. The van der Waals surface area contributed by atoms with Gasteiger partial charge in [-0.05, 0) is 49.2 Å². The van der Waals surface area contributed by atoms with Gasteiger partial charge in [0.15, 0.2) is 18.4 Å². The van der Waals surface area contributed by atoms with E-state index >= 15 is 0 Å². The van der Waals surface area contributed by atoms with Gasteiger partial charge in [0.05, 0.1) is 12.0 Å². The monoisotopic (exact) mass is 686 g/mol. The molecule has 2 amide bonds. The van der Waals surface area contributed by atoms with Crippen molar-refractivity contribution in [3.8, 4) is 5.75 Å². The van der Waals surface area contributed by atoms with E-state index in [1.165, 1.54) is 26.2 Å². The fraction of sp³-hybridized carbons (Fsp3) is 0.194. The first kappa shape index (κ1) is 34.3. The smallest absolute Gasteiger partial charge is 0.359 e. The number of β-lactam (4-membered cyclic amide) rings is 1. The molecule has 0 aliphatic carbocycles. The van der Waals surface area contributed by atoms with E-state index in [4.69, 9.17) is 14.2 Å². The van der Waals surface area contributed by atoms with Crippen LogP contribution in [0, 0.1) is 6.92 Å². The van der Waals surface area contributed by atoms with Crippen LogP contribution in [0.15, 0.2) is 132 Å². The van der Waals surface area contributed by atoms with Crippen molar-refractivity contribution in [2.24, 2.45) is 0 Å². The quantitative estimate of drug-likeness (QED) is 0.0650. The molecule has 1 unspecified atom stereocenters. The van der Waals surface area contributed by atoms with E-state index in [9.17, 15) is 22.8 Å². The summed E-state index contributed by atoms with van der Waals surface area (Å²) in [6.07, 6.45) is -0.857. The lowest BCUT2D eigenvalue weighted by atomic mass is 10.0. The summed E-state index contributed by atoms with van der Waals surface area (Å²) in [5.41, 5.74) is 1.93. The van der Waals surface area contributed by atoms with Crippen LogP contribution < -0.4 is 10.1 Å². The minimum atomic E-state index is -4.09. The Balaban J connectivity index is 1.46. The van der Waals surface area contributed by atoms with Crippen molar-refractivity contribution in [3.63, 3.8) is 0 Å². The Morgan fingerprint density at radius 3 is 1.94 bits per heavy atom. The molecule has 1 heterocycles. The summed E-state index contributed by atoms with van der Waals surface area (Å²) in [4.78, 5) is 41.8. The van der Waals surface area contributed by atoms with E-state index in [0.717, 1.165) is 10.5 Å². The molecule has 1 fully saturated rings. The van der Waals surface area contributed by atoms with Gasteiger partial charge in [-0.2, -0.15) is 0 Å². The number of likely N-dealkylation sites (tertiary alicyclic amines) is 1. The summed E-state index contributed by atoms with van der Waals surface area (Å²) in [6, 6.07) is 31.7. The van der Waals surface area contributed by atoms with E-state index in [2.05, 4.69) is 5.32 Å². The Bertz CT molecular complexity index is 1850. The number of methoxy groups -OCH3 is 1. The second kappa shape index (κ2) is 15.2. The third-order valence-corrected chi connectivity index (χ3v) is 11.2. The molecule has 1 aliphatic rings. The van der Waals surface area contributed by atoms with Gasteiger partial charge in [-0.3, -0.25) is 14.5 Å². The van der Waals surface area contributed by atoms with E-state index in [1.807, 2.05) is 67.6 Å². The number of allylic oxidation sites excluding steroid dienone is 1. The summed E-state index contributed by atoms with van der Waals surface area (Å²) >= 11 is 0. The van der Waals surface area contributed by atoms with Crippen LogP contribution in [-0.4, -0.2) is 56.2 Å². The molecule has 12 heteroatoms. The van der Waals surface area contributed by atoms with Gasteiger partial charge in [0, 0.05) is 10.8 Å². The van der Waals surface area contributed by atoms with Crippen molar-refractivity contribution in [2.75, 3.05) is 13.7 Å². The minimum absolute atomic E-state index is 0.000301. The van der Waals surface area contributed by atoms with Crippen molar-refractivity contribution in [3.05, 3.63) is 143 Å². The zero-order chi connectivity index (χ0) is 34.3. The highest BCUT2D eigenvalue weighted by atomic mass is 33.1. The van der Waals surface area contributed by atoms with Crippen LogP contribution in [0.25, 0.3) is 0 Å². The summed E-state index contributed by atoms with van der Waals surface area (Å²) in [5, 5.41) is 1.33. The summed E-state index contributed by atoms with van der Waals surface area (Å²) < 4.78 is 44.3. The standard InChI is InChI=1S/C36H34N2O8S2/c1-24-19-21-29(22-20-24)48(42,43)47-35-31(37-30(39)23-45-28-17-11-6-12-18-28)34(40)38(35)32(25(2)44-3)36(41)46-33(26-13-7-4-8-14-26)27-15-9-5-10-16-27/h4-22,31,33,35H,23H2,1-3H3,(H,37,39)/b32-25+/t31?,35-/m1/s1. The number of para-hydroxylation sites is 1.